The molecular weight excluding hydrogens is 401 g/mol. The Morgan fingerprint density at radius 2 is 2.04 bits per heavy atom. The van der Waals surface area contributed by atoms with Gasteiger partial charge < -0.3 is 19.4 Å². The Morgan fingerprint density at radius 1 is 1.25 bits per heavy atom. The van der Waals surface area contributed by atoms with Gasteiger partial charge in [-0.1, -0.05) is 23.2 Å². The lowest BCUT2D eigenvalue weighted by molar-refractivity contribution is -0.127. The molecule has 1 heterocycles. The molecule has 148 valence electrons. The largest absolute Gasteiger partial charge is 0.497 e. The summed E-state index contributed by atoms with van der Waals surface area (Å²) in [7, 11) is 3.58. The monoisotopic (exact) mass is 421 g/mol. The molecule has 0 radical (unpaired) electrons. The van der Waals surface area contributed by atoms with Crippen LogP contribution in [0.1, 0.15) is 12.7 Å². The first kappa shape index (κ1) is 20.3. The van der Waals surface area contributed by atoms with Crippen molar-refractivity contribution in [2.75, 3.05) is 13.7 Å². The van der Waals surface area contributed by atoms with Crippen molar-refractivity contribution >= 4 is 40.1 Å². The summed E-state index contributed by atoms with van der Waals surface area (Å²) in [6.07, 6.45) is -0.100. The molecule has 0 aliphatic carbocycles. The first-order chi connectivity index (χ1) is 13.4. The maximum Gasteiger partial charge on any atom is 0.260 e. The molecule has 28 heavy (non-hydrogen) atoms. The van der Waals surface area contributed by atoms with Crippen LogP contribution in [0.25, 0.3) is 11.0 Å². The summed E-state index contributed by atoms with van der Waals surface area (Å²) in [6.45, 7) is 2.11. The first-order valence-electron chi connectivity index (χ1n) is 8.78. The second-order valence-corrected chi connectivity index (χ2v) is 7.16. The number of carbonyl (C=O) groups excluding carboxylic acids is 1. The number of ether oxygens (including phenoxy) is 2. The van der Waals surface area contributed by atoms with Crippen molar-refractivity contribution in [2.45, 2.75) is 19.4 Å². The lowest BCUT2D eigenvalue weighted by atomic mass is 10.3. The maximum atomic E-state index is 12.3. The summed E-state index contributed by atoms with van der Waals surface area (Å²) < 4.78 is 12.9. The Balaban J connectivity index is 1.57. The number of imidazole rings is 1. The van der Waals surface area contributed by atoms with Gasteiger partial charge in [-0.2, -0.15) is 0 Å². The number of benzene rings is 2. The summed E-state index contributed by atoms with van der Waals surface area (Å²) in [6, 6.07) is 10.6. The fourth-order valence-corrected chi connectivity index (χ4v) is 3.29. The van der Waals surface area contributed by atoms with E-state index in [0.29, 0.717) is 28.8 Å². The van der Waals surface area contributed by atoms with Crippen LogP contribution in [0.5, 0.6) is 11.5 Å². The third kappa shape index (κ3) is 4.51. The van der Waals surface area contributed by atoms with Crippen LogP contribution in [0.4, 0.5) is 0 Å². The molecule has 0 fully saturated rings. The molecule has 0 spiro atoms. The molecule has 0 saturated heterocycles. The highest BCUT2D eigenvalue weighted by molar-refractivity contribution is 6.35. The average molecular weight is 422 g/mol. The second kappa shape index (κ2) is 8.71. The zero-order valence-electron chi connectivity index (χ0n) is 15.8. The number of aryl methyl sites for hydroxylation is 1. The second-order valence-electron chi connectivity index (χ2n) is 6.32. The number of methoxy groups -OCH3 is 1. The predicted octanol–water partition coefficient (Wildman–Crippen LogP) is 4.01. The number of amides is 1. The number of nitrogens with zero attached hydrogens (tertiary/aromatic N) is 2. The molecule has 3 rings (SSSR count). The zero-order valence-corrected chi connectivity index (χ0v) is 17.3. The van der Waals surface area contributed by atoms with Gasteiger partial charge in [-0.15, -0.1) is 0 Å². The average Bonchev–Trinajstić information content (AvgIpc) is 2.98. The van der Waals surface area contributed by atoms with Crippen molar-refractivity contribution in [1.29, 1.82) is 0 Å². The van der Waals surface area contributed by atoms with E-state index >= 15 is 0 Å². The lowest BCUT2D eigenvalue weighted by Crippen LogP contribution is -2.37. The van der Waals surface area contributed by atoms with Gasteiger partial charge in [0.05, 0.1) is 23.2 Å². The quantitative estimate of drug-likeness (QED) is 0.625. The van der Waals surface area contributed by atoms with Crippen LogP contribution >= 0.6 is 23.2 Å². The Kier molecular flexibility index (Phi) is 6.31. The van der Waals surface area contributed by atoms with Crippen LogP contribution in [0, 0.1) is 0 Å². The molecule has 3 aromatic rings. The number of nitrogens with one attached hydrogen (secondary N) is 1. The molecule has 1 amide bonds. The van der Waals surface area contributed by atoms with Crippen molar-refractivity contribution in [3.8, 4) is 11.5 Å². The molecule has 0 aliphatic rings. The van der Waals surface area contributed by atoms with Crippen LogP contribution in [0.15, 0.2) is 36.4 Å². The maximum absolute atomic E-state index is 12.3. The van der Waals surface area contributed by atoms with Gasteiger partial charge in [-0.3, -0.25) is 4.79 Å². The van der Waals surface area contributed by atoms with E-state index in [0.717, 1.165) is 22.6 Å². The van der Waals surface area contributed by atoms with Crippen LogP contribution < -0.4 is 14.8 Å². The number of hydrogen-bond acceptors (Lipinski definition) is 4. The number of aromatic nitrogens is 2. The molecule has 6 nitrogen and oxygen atoms in total. The Bertz CT molecular complexity index is 1000. The number of hydrogen-bond donors (Lipinski definition) is 1. The SMILES string of the molecule is COc1ccc2c(c1)nc(CCNC(=O)C(C)Oc1ccc(Cl)cc1Cl)n2C. The topological polar surface area (TPSA) is 65.4 Å². The fourth-order valence-electron chi connectivity index (χ4n) is 2.84. The summed E-state index contributed by atoms with van der Waals surface area (Å²) in [5, 5.41) is 3.74. The van der Waals surface area contributed by atoms with Gasteiger partial charge in [0.15, 0.2) is 6.10 Å². The Labute approximate surface area is 173 Å². The summed E-state index contributed by atoms with van der Waals surface area (Å²) >= 11 is 11.9. The smallest absolute Gasteiger partial charge is 0.260 e. The van der Waals surface area contributed by atoms with E-state index in [1.807, 2.05) is 29.8 Å². The Hall–Kier alpha value is -2.44. The molecule has 1 atom stereocenters. The molecule has 8 heteroatoms. The number of carbonyl (C=O) groups is 1. The van der Waals surface area contributed by atoms with E-state index in [1.165, 1.54) is 0 Å². The van der Waals surface area contributed by atoms with E-state index in [-0.39, 0.29) is 5.91 Å². The van der Waals surface area contributed by atoms with Crippen molar-refractivity contribution in [3.05, 3.63) is 52.3 Å². The van der Waals surface area contributed by atoms with Gasteiger partial charge in [-0.05, 0) is 37.3 Å². The van der Waals surface area contributed by atoms with Crippen LogP contribution in [0.2, 0.25) is 10.0 Å². The van der Waals surface area contributed by atoms with Crippen molar-refractivity contribution < 1.29 is 14.3 Å². The third-order valence-corrected chi connectivity index (χ3v) is 4.93. The van der Waals surface area contributed by atoms with Gasteiger partial charge >= 0.3 is 0 Å². The van der Waals surface area contributed by atoms with E-state index in [9.17, 15) is 4.79 Å². The van der Waals surface area contributed by atoms with Crippen LogP contribution in [0.3, 0.4) is 0 Å². The van der Waals surface area contributed by atoms with Crippen molar-refractivity contribution in [3.63, 3.8) is 0 Å². The predicted molar refractivity (Wildman–Crippen MR) is 111 cm³/mol. The van der Waals surface area contributed by atoms with E-state index in [4.69, 9.17) is 32.7 Å². The van der Waals surface area contributed by atoms with Gasteiger partial charge in [0.1, 0.15) is 17.3 Å². The fraction of sp³-hybridized carbons (Fsp3) is 0.300. The number of fused-ring (bicyclic) bond motifs is 1. The number of halogens is 2. The normalized spacial score (nSPS) is 12.0. The van der Waals surface area contributed by atoms with Crippen molar-refractivity contribution in [2.24, 2.45) is 7.05 Å². The van der Waals surface area contributed by atoms with Crippen LogP contribution in [-0.4, -0.2) is 35.2 Å². The van der Waals surface area contributed by atoms with Gasteiger partial charge in [0.25, 0.3) is 5.91 Å². The van der Waals surface area contributed by atoms with Crippen molar-refractivity contribution in [1.82, 2.24) is 14.9 Å². The molecule has 0 saturated carbocycles. The molecule has 1 aromatic heterocycles. The lowest BCUT2D eigenvalue weighted by Gasteiger charge is -2.15. The highest BCUT2D eigenvalue weighted by atomic mass is 35.5. The molecule has 2 aromatic carbocycles. The van der Waals surface area contributed by atoms with E-state index in [2.05, 4.69) is 10.3 Å². The molecule has 1 unspecified atom stereocenters. The molecular formula is C20H21Cl2N3O3. The standard InChI is InChI=1S/C20H21Cl2N3O3/c1-12(28-18-7-4-13(21)10-15(18)22)20(26)23-9-8-19-24-16-11-14(27-3)5-6-17(16)25(19)2/h4-7,10-12H,8-9H2,1-3H3,(H,23,26). The zero-order chi connectivity index (χ0) is 20.3. The van der Waals surface area contributed by atoms with Gasteiger partial charge in [0.2, 0.25) is 0 Å². The highest BCUT2D eigenvalue weighted by Gasteiger charge is 2.16. The molecule has 1 N–H and O–H groups in total. The Morgan fingerprint density at radius 3 is 2.75 bits per heavy atom. The number of rotatable bonds is 7. The summed E-state index contributed by atoms with van der Waals surface area (Å²) in [5.74, 6) is 1.82. The van der Waals surface area contributed by atoms with Gasteiger partial charge in [-0.25, -0.2) is 4.98 Å². The minimum absolute atomic E-state index is 0.230. The van der Waals surface area contributed by atoms with Crippen LogP contribution in [-0.2, 0) is 18.3 Å². The highest BCUT2D eigenvalue weighted by Crippen LogP contribution is 2.28. The molecule has 0 aliphatic heterocycles. The summed E-state index contributed by atoms with van der Waals surface area (Å²) in [4.78, 5) is 16.9. The van der Waals surface area contributed by atoms with Gasteiger partial charge in [0, 0.05) is 31.1 Å². The van der Waals surface area contributed by atoms with E-state index in [1.54, 1.807) is 32.2 Å². The summed E-state index contributed by atoms with van der Waals surface area (Å²) in [5.41, 5.74) is 1.87. The first-order valence-corrected chi connectivity index (χ1v) is 9.53. The molecule has 0 bridgehead atoms. The van der Waals surface area contributed by atoms with E-state index < -0.39 is 6.10 Å². The minimum Gasteiger partial charge on any atom is -0.497 e. The minimum atomic E-state index is -0.691. The third-order valence-electron chi connectivity index (χ3n) is 4.40.